The molecule has 2 aromatic carbocycles. The van der Waals surface area contributed by atoms with Gasteiger partial charge in [-0.05, 0) is 36.4 Å². The largest absolute Gasteiger partial charge is 0.422 e. The minimum atomic E-state index is -3.44. The first-order valence-electron chi connectivity index (χ1n) is 9.38. The highest BCUT2D eigenvalue weighted by molar-refractivity contribution is 7.91. The van der Waals surface area contributed by atoms with Crippen LogP contribution in [0.3, 0.4) is 0 Å². The molecule has 2 heterocycles. The fraction of sp³-hybridized carbons (Fsp3) is 0.0909. The van der Waals surface area contributed by atoms with Crippen LogP contribution >= 0.6 is 0 Å². The van der Waals surface area contributed by atoms with Gasteiger partial charge in [0.25, 0.3) is 5.91 Å². The maximum Gasteiger partial charge on any atom is 0.349 e. The van der Waals surface area contributed by atoms with Gasteiger partial charge in [0, 0.05) is 16.6 Å². The summed E-state index contributed by atoms with van der Waals surface area (Å²) in [7, 11) is -3.44. The molecule has 0 saturated carbocycles. The van der Waals surface area contributed by atoms with Gasteiger partial charge in [-0.3, -0.25) is 4.79 Å². The Balaban J connectivity index is 1.60. The molecule has 0 aliphatic carbocycles. The Bertz CT molecular complexity index is 1440. The van der Waals surface area contributed by atoms with E-state index in [0.717, 1.165) is 0 Å². The molecule has 1 N–H and O–H groups in total. The van der Waals surface area contributed by atoms with Gasteiger partial charge in [-0.2, -0.15) is 0 Å². The van der Waals surface area contributed by atoms with Gasteiger partial charge in [-0.1, -0.05) is 37.3 Å². The minimum absolute atomic E-state index is 0.0642. The van der Waals surface area contributed by atoms with Gasteiger partial charge in [-0.15, -0.1) is 10.2 Å². The Labute approximate surface area is 177 Å². The molecule has 0 fully saturated rings. The summed E-state index contributed by atoms with van der Waals surface area (Å²) in [4.78, 5) is 24.8. The predicted molar refractivity (Wildman–Crippen MR) is 116 cm³/mol. The Hall–Kier alpha value is -3.85. The SMILES string of the molecule is CCS(=O)(=O)c1ccc(-c2cccc(NC(=O)c3cc4ccccc4oc3=O)c2)nn1. The monoisotopic (exact) mass is 435 g/mol. The summed E-state index contributed by atoms with van der Waals surface area (Å²) in [6.07, 6.45) is 0. The quantitative estimate of drug-likeness (QED) is 0.478. The first-order valence-corrected chi connectivity index (χ1v) is 11.0. The maximum absolute atomic E-state index is 12.6. The highest BCUT2D eigenvalue weighted by atomic mass is 32.2. The van der Waals surface area contributed by atoms with E-state index in [2.05, 4.69) is 15.5 Å². The van der Waals surface area contributed by atoms with Gasteiger partial charge >= 0.3 is 5.63 Å². The maximum atomic E-state index is 12.6. The lowest BCUT2D eigenvalue weighted by molar-refractivity contribution is 0.102. The summed E-state index contributed by atoms with van der Waals surface area (Å²) in [5.41, 5.74) is 1.05. The number of rotatable bonds is 5. The van der Waals surface area contributed by atoms with Crippen molar-refractivity contribution in [1.82, 2.24) is 10.2 Å². The van der Waals surface area contributed by atoms with Crippen LogP contribution in [0.2, 0.25) is 0 Å². The van der Waals surface area contributed by atoms with Crippen LogP contribution in [-0.4, -0.2) is 30.3 Å². The van der Waals surface area contributed by atoms with Gasteiger partial charge in [0.1, 0.15) is 11.1 Å². The number of hydrogen-bond donors (Lipinski definition) is 1. The predicted octanol–water partition coefficient (Wildman–Crippen LogP) is 3.30. The third-order valence-corrected chi connectivity index (χ3v) is 6.26. The van der Waals surface area contributed by atoms with Crippen LogP contribution in [0.1, 0.15) is 17.3 Å². The molecular weight excluding hydrogens is 418 g/mol. The third kappa shape index (κ3) is 4.22. The summed E-state index contributed by atoms with van der Waals surface area (Å²) < 4.78 is 29.0. The summed E-state index contributed by atoms with van der Waals surface area (Å²) in [6, 6.07) is 18.1. The average Bonchev–Trinajstić information content (AvgIpc) is 2.79. The molecule has 0 bridgehead atoms. The van der Waals surface area contributed by atoms with Gasteiger partial charge in [0.05, 0.1) is 11.4 Å². The van der Waals surface area contributed by atoms with Crippen molar-refractivity contribution in [2.45, 2.75) is 11.9 Å². The number of carbonyl (C=O) groups excluding carboxylic acids is 1. The lowest BCUT2D eigenvalue weighted by Gasteiger charge is -2.08. The fourth-order valence-corrected chi connectivity index (χ4v) is 3.70. The second-order valence-corrected chi connectivity index (χ2v) is 8.91. The molecule has 2 aromatic heterocycles. The molecular formula is C22H17N3O5S. The summed E-state index contributed by atoms with van der Waals surface area (Å²) in [5.74, 6) is -0.669. The van der Waals surface area contributed by atoms with Crippen molar-refractivity contribution in [3.05, 3.63) is 82.7 Å². The molecule has 9 heteroatoms. The first kappa shape index (κ1) is 20.4. The molecule has 1 amide bonds. The normalized spacial score (nSPS) is 11.4. The molecule has 156 valence electrons. The minimum Gasteiger partial charge on any atom is -0.422 e. The zero-order valence-electron chi connectivity index (χ0n) is 16.4. The molecule has 4 aromatic rings. The van der Waals surface area contributed by atoms with E-state index in [4.69, 9.17) is 4.42 Å². The van der Waals surface area contributed by atoms with E-state index in [9.17, 15) is 18.0 Å². The zero-order valence-corrected chi connectivity index (χ0v) is 17.2. The second-order valence-electron chi connectivity index (χ2n) is 6.68. The number of anilines is 1. The summed E-state index contributed by atoms with van der Waals surface area (Å²) in [6.45, 7) is 1.53. The van der Waals surface area contributed by atoms with E-state index in [1.165, 1.54) is 19.1 Å². The number of para-hydroxylation sites is 1. The molecule has 0 aliphatic heterocycles. The van der Waals surface area contributed by atoms with Crippen LogP contribution in [0.5, 0.6) is 0 Å². The zero-order chi connectivity index (χ0) is 22.0. The second kappa shape index (κ2) is 8.11. The molecule has 0 unspecified atom stereocenters. The van der Waals surface area contributed by atoms with Crippen LogP contribution in [0.15, 0.2) is 81.0 Å². The van der Waals surface area contributed by atoms with Crippen LogP contribution in [0.4, 0.5) is 5.69 Å². The number of aromatic nitrogens is 2. The van der Waals surface area contributed by atoms with E-state index in [0.29, 0.717) is 27.9 Å². The third-order valence-electron chi connectivity index (χ3n) is 4.64. The number of sulfone groups is 1. The number of hydrogen-bond acceptors (Lipinski definition) is 7. The Morgan fingerprint density at radius 3 is 2.55 bits per heavy atom. The van der Waals surface area contributed by atoms with Crippen molar-refractivity contribution in [2.24, 2.45) is 0 Å². The van der Waals surface area contributed by atoms with Crippen molar-refractivity contribution in [1.29, 1.82) is 0 Å². The van der Waals surface area contributed by atoms with Crippen molar-refractivity contribution in [3.8, 4) is 11.3 Å². The van der Waals surface area contributed by atoms with Crippen molar-refractivity contribution >= 4 is 32.4 Å². The molecule has 0 radical (unpaired) electrons. The van der Waals surface area contributed by atoms with E-state index in [1.54, 1.807) is 54.6 Å². The van der Waals surface area contributed by atoms with E-state index < -0.39 is 21.4 Å². The lowest BCUT2D eigenvalue weighted by atomic mass is 10.1. The number of benzene rings is 2. The number of amides is 1. The fourth-order valence-electron chi connectivity index (χ4n) is 2.96. The Morgan fingerprint density at radius 1 is 1.00 bits per heavy atom. The Kier molecular flexibility index (Phi) is 5.35. The molecule has 8 nitrogen and oxygen atoms in total. The topological polar surface area (TPSA) is 119 Å². The van der Waals surface area contributed by atoms with Crippen LogP contribution in [0, 0.1) is 0 Å². The molecule has 4 rings (SSSR count). The average molecular weight is 435 g/mol. The smallest absolute Gasteiger partial charge is 0.349 e. The van der Waals surface area contributed by atoms with Crippen LogP contribution in [0.25, 0.3) is 22.2 Å². The molecule has 0 spiro atoms. The highest BCUT2D eigenvalue weighted by Crippen LogP contribution is 2.22. The van der Waals surface area contributed by atoms with Crippen LogP contribution in [-0.2, 0) is 9.84 Å². The van der Waals surface area contributed by atoms with Gasteiger partial charge in [-0.25, -0.2) is 13.2 Å². The molecule has 0 saturated heterocycles. The standard InChI is InChI=1S/C22H17N3O5S/c1-2-31(28,29)20-11-10-18(24-25-20)14-7-5-8-16(12-14)23-21(26)17-13-15-6-3-4-9-19(15)30-22(17)27/h3-13H,2H2,1H3,(H,23,26). The van der Waals surface area contributed by atoms with Gasteiger partial charge in [0.15, 0.2) is 14.9 Å². The summed E-state index contributed by atoms with van der Waals surface area (Å²) in [5, 5.41) is 11.0. The van der Waals surface area contributed by atoms with Crippen molar-refractivity contribution in [3.63, 3.8) is 0 Å². The van der Waals surface area contributed by atoms with Gasteiger partial charge in [0.2, 0.25) is 0 Å². The summed E-state index contributed by atoms with van der Waals surface area (Å²) >= 11 is 0. The van der Waals surface area contributed by atoms with Gasteiger partial charge < -0.3 is 9.73 Å². The highest BCUT2D eigenvalue weighted by Gasteiger charge is 2.16. The number of carbonyl (C=O) groups is 1. The lowest BCUT2D eigenvalue weighted by Crippen LogP contribution is -2.20. The van der Waals surface area contributed by atoms with E-state index in [-0.39, 0.29) is 16.3 Å². The van der Waals surface area contributed by atoms with E-state index in [1.807, 2.05) is 0 Å². The number of fused-ring (bicyclic) bond motifs is 1. The molecule has 0 atom stereocenters. The number of nitrogens with one attached hydrogen (secondary N) is 1. The van der Waals surface area contributed by atoms with Crippen molar-refractivity contribution < 1.29 is 17.6 Å². The van der Waals surface area contributed by atoms with Crippen LogP contribution < -0.4 is 10.9 Å². The molecule has 0 aliphatic rings. The molecule has 31 heavy (non-hydrogen) atoms. The van der Waals surface area contributed by atoms with E-state index >= 15 is 0 Å². The van der Waals surface area contributed by atoms with Crippen molar-refractivity contribution in [2.75, 3.05) is 11.1 Å². The Morgan fingerprint density at radius 2 is 1.81 bits per heavy atom. The first-order chi connectivity index (χ1) is 14.9. The number of nitrogens with zero attached hydrogens (tertiary/aromatic N) is 2.